The molecule has 70 valence electrons. The lowest BCUT2D eigenvalue weighted by atomic mass is 10.1. The van der Waals surface area contributed by atoms with Crippen LogP contribution in [-0.2, 0) is 9.53 Å². The Bertz CT molecular complexity index is 182. The summed E-state index contributed by atoms with van der Waals surface area (Å²) in [4.78, 5) is 10.5. The number of hydrogen-bond acceptors (Lipinski definition) is 2. The molecule has 0 fully saturated rings. The first-order chi connectivity index (χ1) is 5.63. The van der Waals surface area contributed by atoms with Crippen LogP contribution < -0.4 is 0 Å². The summed E-state index contributed by atoms with van der Waals surface area (Å²) in [5.41, 5.74) is 0.311. The van der Waals surface area contributed by atoms with Crippen LogP contribution in [0.4, 0.5) is 0 Å². The fourth-order valence-corrected chi connectivity index (χ4v) is 0.899. The van der Waals surface area contributed by atoms with Crippen LogP contribution in [0.2, 0.25) is 0 Å². The number of carbonyl (C=O) groups is 1. The van der Waals surface area contributed by atoms with Crippen LogP contribution >= 0.6 is 0 Å². The summed E-state index contributed by atoms with van der Waals surface area (Å²) in [6.45, 7) is 3.63. The van der Waals surface area contributed by atoms with Crippen molar-refractivity contribution in [2.45, 2.75) is 33.1 Å². The monoisotopic (exact) mass is 172 g/mol. The molecule has 0 aliphatic heterocycles. The van der Waals surface area contributed by atoms with Gasteiger partial charge in [-0.05, 0) is 13.3 Å². The minimum Gasteiger partial charge on any atom is -0.501 e. The van der Waals surface area contributed by atoms with Gasteiger partial charge in [-0.2, -0.15) is 0 Å². The van der Waals surface area contributed by atoms with Crippen LogP contribution in [0.1, 0.15) is 33.1 Å². The maximum atomic E-state index is 10.5. The maximum Gasteiger partial charge on any atom is 0.334 e. The van der Waals surface area contributed by atoms with E-state index in [4.69, 9.17) is 9.84 Å². The van der Waals surface area contributed by atoms with Crippen LogP contribution in [0.3, 0.4) is 0 Å². The van der Waals surface area contributed by atoms with Crippen LogP contribution in [0, 0.1) is 0 Å². The lowest BCUT2D eigenvalue weighted by Gasteiger charge is -2.06. The van der Waals surface area contributed by atoms with Gasteiger partial charge in [-0.15, -0.1) is 0 Å². The van der Waals surface area contributed by atoms with Crippen LogP contribution in [0.25, 0.3) is 0 Å². The van der Waals surface area contributed by atoms with Crippen molar-refractivity contribution in [2.75, 3.05) is 7.11 Å². The molecule has 0 saturated carbocycles. The molecule has 0 heterocycles. The largest absolute Gasteiger partial charge is 0.501 e. The van der Waals surface area contributed by atoms with E-state index in [0.29, 0.717) is 17.8 Å². The summed E-state index contributed by atoms with van der Waals surface area (Å²) in [7, 11) is 1.51. The highest BCUT2D eigenvalue weighted by Gasteiger charge is 2.08. The SMILES string of the molecule is CCCCC(OC)=C(C)C(=O)O. The van der Waals surface area contributed by atoms with Crippen LogP contribution in [-0.4, -0.2) is 18.2 Å². The van der Waals surface area contributed by atoms with E-state index in [9.17, 15) is 4.79 Å². The van der Waals surface area contributed by atoms with Gasteiger partial charge in [0.15, 0.2) is 0 Å². The average molecular weight is 172 g/mol. The minimum absolute atomic E-state index is 0.311. The predicted octanol–water partition coefficient (Wildman–Crippen LogP) is 2.18. The molecule has 0 aromatic heterocycles. The van der Waals surface area contributed by atoms with Gasteiger partial charge in [0.1, 0.15) is 5.76 Å². The zero-order valence-corrected chi connectivity index (χ0v) is 7.89. The third-order valence-electron chi connectivity index (χ3n) is 1.74. The number of ether oxygens (including phenoxy) is 1. The van der Waals surface area contributed by atoms with Crippen molar-refractivity contribution in [2.24, 2.45) is 0 Å². The zero-order chi connectivity index (χ0) is 9.56. The number of unbranched alkanes of at least 4 members (excludes halogenated alkanes) is 1. The van der Waals surface area contributed by atoms with Gasteiger partial charge in [-0.1, -0.05) is 13.3 Å². The number of carboxylic acids is 1. The average Bonchev–Trinajstić information content (AvgIpc) is 2.05. The third kappa shape index (κ3) is 3.42. The van der Waals surface area contributed by atoms with E-state index in [1.807, 2.05) is 0 Å². The van der Waals surface area contributed by atoms with Crippen molar-refractivity contribution in [3.8, 4) is 0 Å². The summed E-state index contributed by atoms with van der Waals surface area (Å²) < 4.78 is 4.97. The number of methoxy groups -OCH3 is 1. The first kappa shape index (κ1) is 11.0. The van der Waals surface area contributed by atoms with Crippen molar-refractivity contribution in [1.29, 1.82) is 0 Å². The fourth-order valence-electron chi connectivity index (χ4n) is 0.899. The Morgan fingerprint density at radius 1 is 1.50 bits per heavy atom. The molecule has 0 radical (unpaired) electrons. The Morgan fingerprint density at radius 2 is 2.08 bits per heavy atom. The molecular weight excluding hydrogens is 156 g/mol. The quantitative estimate of drug-likeness (QED) is 0.510. The highest BCUT2D eigenvalue weighted by atomic mass is 16.5. The smallest absolute Gasteiger partial charge is 0.334 e. The maximum absolute atomic E-state index is 10.5. The van der Waals surface area contributed by atoms with Crippen LogP contribution in [0.15, 0.2) is 11.3 Å². The van der Waals surface area contributed by atoms with Crippen molar-refractivity contribution in [3.05, 3.63) is 11.3 Å². The summed E-state index contributed by atoms with van der Waals surface area (Å²) in [6, 6.07) is 0. The highest BCUT2D eigenvalue weighted by Crippen LogP contribution is 2.12. The van der Waals surface area contributed by atoms with Gasteiger partial charge in [0, 0.05) is 6.42 Å². The zero-order valence-electron chi connectivity index (χ0n) is 7.89. The Hall–Kier alpha value is -0.990. The van der Waals surface area contributed by atoms with Gasteiger partial charge in [-0.3, -0.25) is 0 Å². The molecule has 0 aliphatic carbocycles. The number of rotatable bonds is 5. The molecule has 0 spiro atoms. The lowest BCUT2D eigenvalue weighted by molar-refractivity contribution is -0.132. The topological polar surface area (TPSA) is 46.5 Å². The summed E-state index contributed by atoms with van der Waals surface area (Å²) in [5, 5.41) is 8.64. The van der Waals surface area contributed by atoms with Gasteiger partial charge < -0.3 is 9.84 Å². The standard InChI is InChI=1S/C9H16O3/c1-4-5-6-8(12-3)7(2)9(10)11/h4-6H2,1-3H3,(H,10,11). The molecule has 0 atom stereocenters. The number of hydrogen-bond donors (Lipinski definition) is 1. The van der Waals surface area contributed by atoms with E-state index in [1.54, 1.807) is 6.92 Å². The Morgan fingerprint density at radius 3 is 2.42 bits per heavy atom. The van der Waals surface area contributed by atoms with E-state index in [-0.39, 0.29) is 0 Å². The molecule has 0 unspecified atom stereocenters. The van der Waals surface area contributed by atoms with E-state index >= 15 is 0 Å². The normalized spacial score (nSPS) is 12.2. The van der Waals surface area contributed by atoms with Gasteiger partial charge in [0.2, 0.25) is 0 Å². The second-order valence-corrected chi connectivity index (χ2v) is 2.66. The first-order valence-corrected chi connectivity index (χ1v) is 4.10. The summed E-state index contributed by atoms with van der Waals surface area (Å²) in [6.07, 6.45) is 2.72. The second kappa shape index (κ2) is 5.63. The Kier molecular flexibility index (Phi) is 5.17. The first-order valence-electron chi connectivity index (χ1n) is 4.10. The van der Waals surface area contributed by atoms with Gasteiger partial charge >= 0.3 is 5.97 Å². The molecule has 3 heteroatoms. The predicted molar refractivity (Wildman–Crippen MR) is 46.9 cm³/mol. The van der Waals surface area contributed by atoms with Crippen molar-refractivity contribution < 1.29 is 14.6 Å². The molecule has 12 heavy (non-hydrogen) atoms. The lowest BCUT2D eigenvalue weighted by Crippen LogP contribution is -2.02. The summed E-state index contributed by atoms with van der Waals surface area (Å²) in [5.74, 6) is -0.313. The molecule has 0 bridgehead atoms. The number of allylic oxidation sites excluding steroid dienone is 1. The van der Waals surface area contributed by atoms with Crippen LogP contribution in [0.5, 0.6) is 0 Å². The molecule has 1 N–H and O–H groups in total. The van der Waals surface area contributed by atoms with E-state index < -0.39 is 5.97 Å². The van der Waals surface area contributed by atoms with E-state index in [2.05, 4.69) is 6.92 Å². The number of carboxylic acid groups (broad SMARTS) is 1. The molecule has 0 aliphatic rings. The molecule has 0 aromatic rings. The number of aliphatic carboxylic acids is 1. The minimum atomic E-state index is -0.900. The molecule has 0 saturated heterocycles. The van der Waals surface area contributed by atoms with E-state index in [0.717, 1.165) is 12.8 Å². The fraction of sp³-hybridized carbons (Fsp3) is 0.667. The van der Waals surface area contributed by atoms with Gasteiger partial charge in [-0.25, -0.2) is 4.79 Å². The van der Waals surface area contributed by atoms with Gasteiger partial charge in [0.25, 0.3) is 0 Å². The second-order valence-electron chi connectivity index (χ2n) is 2.66. The molecular formula is C9H16O3. The van der Waals surface area contributed by atoms with E-state index in [1.165, 1.54) is 7.11 Å². The molecule has 3 nitrogen and oxygen atoms in total. The van der Waals surface area contributed by atoms with Crippen molar-refractivity contribution in [3.63, 3.8) is 0 Å². The molecule has 0 rings (SSSR count). The molecule has 0 amide bonds. The Balaban J connectivity index is 4.28. The third-order valence-corrected chi connectivity index (χ3v) is 1.74. The van der Waals surface area contributed by atoms with Crippen molar-refractivity contribution >= 4 is 5.97 Å². The highest BCUT2D eigenvalue weighted by molar-refractivity contribution is 5.86. The molecule has 0 aromatic carbocycles. The Labute approximate surface area is 73.0 Å². The van der Waals surface area contributed by atoms with Gasteiger partial charge in [0.05, 0.1) is 12.7 Å². The van der Waals surface area contributed by atoms with Crippen molar-refractivity contribution in [1.82, 2.24) is 0 Å². The summed E-state index contributed by atoms with van der Waals surface area (Å²) >= 11 is 0.